The van der Waals surface area contributed by atoms with Crippen LogP contribution in [0.15, 0.2) is 64.2 Å². The van der Waals surface area contributed by atoms with Gasteiger partial charge in [0.1, 0.15) is 12.3 Å². The Balaban J connectivity index is 1.77. The molecule has 0 unspecified atom stereocenters. The van der Waals surface area contributed by atoms with Gasteiger partial charge in [-0.15, -0.1) is 0 Å². The van der Waals surface area contributed by atoms with Crippen LogP contribution in [-0.4, -0.2) is 18.2 Å². The topological polar surface area (TPSA) is 86.0 Å². The highest BCUT2D eigenvalue weighted by atomic mass is 127. The Labute approximate surface area is 214 Å². The van der Waals surface area contributed by atoms with Crippen LogP contribution in [0, 0.1) is 13.7 Å². The normalized spacial score (nSPS) is 11.5. The average Bonchev–Trinajstić information content (AvgIpc) is 2.78. The second-order valence-corrected chi connectivity index (χ2v) is 8.91. The zero-order valence-corrected chi connectivity index (χ0v) is 21.1. The van der Waals surface area contributed by atoms with Crippen molar-refractivity contribution in [1.82, 2.24) is 0 Å². The van der Waals surface area contributed by atoms with Crippen LogP contribution in [0.5, 0.6) is 11.5 Å². The molecule has 0 saturated heterocycles. The van der Waals surface area contributed by atoms with Gasteiger partial charge in [0.05, 0.1) is 28.3 Å². The first-order chi connectivity index (χ1) is 16.1. The maximum absolute atomic E-state index is 12.8. The summed E-state index contributed by atoms with van der Waals surface area (Å²) in [5.74, 6) is 0.895. The van der Waals surface area contributed by atoms with E-state index in [9.17, 15) is 23.3 Å². The third kappa shape index (κ3) is 6.59. The van der Waals surface area contributed by atoms with E-state index in [0.29, 0.717) is 34.2 Å². The van der Waals surface area contributed by atoms with Crippen molar-refractivity contribution in [2.24, 2.45) is 5.10 Å². The molecule has 1 N–H and O–H groups in total. The minimum atomic E-state index is -4.70. The molecule has 0 amide bonds. The molecule has 0 aliphatic heterocycles. The summed E-state index contributed by atoms with van der Waals surface area (Å²) < 4.78 is 51.5. The SMILES string of the molecule is COc1cc(/C=N\Nc2ccc(C(F)(F)F)cc2[N+](=O)[O-])cc(Br)c1OCc1ccc(I)cc1. The zero-order chi connectivity index (χ0) is 24.9. The number of nitrogens with zero attached hydrogens (tertiary/aromatic N) is 2. The number of hydrogen-bond donors (Lipinski definition) is 1. The molecule has 7 nitrogen and oxygen atoms in total. The number of alkyl halides is 3. The summed E-state index contributed by atoms with van der Waals surface area (Å²) in [6.45, 7) is 0.318. The van der Waals surface area contributed by atoms with E-state index >= 15 is 0 Å². The zero-order valence-electron chi connectivity index (χ0n) is 17.4. The number of nitro benzene ring substituents is 1. The molecule has 3 rings (SSSR count). The van der Waals surface area contributed by atoms with Crippen molar-refractivity contribution in [2.45, 2.75) is 12.8 Å². The van der Waals surface area contributed by atoms with Gasteiger partial charge in [-0.1, -0.05) is 12.1 Å². The van der Waals surface area contributed by atoms with Crippen LogP contribution in [0.2, 0.25) is 0 Å². The van der Waals surface area contributed by atoms with E-state index in [0.717, 1.165) is 21.3 Å². The second kappa shape index (κ2) is 11.0. The van der Waals surface area contributed by atoms with Gasteiger partial charge in [0, 0.05) is 9.64 Å². The largest absolute Gasteiger partial charge is 0.493 e. The van der Waals surface area contributed by atoms with E-state index in [2.05, 4.69) is 49.0 Å². The molecule has 0 fully saturated rings. The van der Waals surface area contributed by atoms with E-state index in [4.69, 9.17) is 9.47 Å². The van der Waals surface area contributed by atoms with Gasteiger partial charge >= 0.3 is 6.18 Å². The number of anilines is 1. The number of nitro groups is 1. The molecule has 0 spiro atoms. The Morgan fingerprint density at radius 1 is 1.18 bits per heavy atom. The fraction of sp³-hybridized carbons (Fsp3) is 0.136. The maximum atomic E-state index is 12.8. The molecule has 3 aromatic carbocycles. The van der Waals surface area contributed by atoms with Gasteiger partial charge in [0.2, 0.25) is 0 Å². The Kier molecular flexibility index (Phi) is 8.36. The van der Waals surface area contributed by atoms with Crippen LogP contribution < -0.4 is 14.9 Å². The smallest absolute Gasteiger partial charge is 0.416 e. The highest BCUT2D eigenvalue weighted by Crippen LogP contribution is 2.37. The first kappa shape index (κ1) is 25.7. The number of rotatable bonds is 8. The molecule has 0 atom stereocenters. The molecular weight excluding hydrogens is 634 g/mol. The van der Waals surface area contributed by atoms with Crippen molar-refractivity contribution in [3.8, 4) is 11.5 Å². The number of nitrogens with one attached hydrogen (secondary N) is 1. The molecule has 0 saturated carbocycles. The number of ether oxygens (including phenoxy) is 2. The second-order valence-electron chi connectivity index (χ2n) is 6.81. The Morgan fingerprint density at radius 3 is 2.50 bits per heavy atom. The Bertz CT molecular complexity index is 1220. The van der Waals surface area contributed by atoms with Gasteiger partial charge in [0.25, 0.3) is 5.69 Å². The van der Waals surface area contributed by atoms with Gasteiger partial charge in [-0.05, 0) is 86.0 Å². The van der Waals surface area contributed by atoms with Crippen LogP contribution in [-0.2, 0) is 12.8 Å². The van der Waals surface area contributed by atoms with E-state index in [1.165, 1.54) is 13.3 Å². The molecule has 178 valence electrons. The third-order valence-corrected chi connectivity index (χ3v) is 5.78. The predicted molar refractivity (Wildman–Crippen MR) is 134 cm³/mol. The number of hydrazone groups is 1. The quantitative estimate of drug-likeness (QED) is 0.123. The molecule has 12 heteroatoms. The maximum Gasteiger partial charge on any atom is 0.416 e. The average molecular weight is 650 g/mol. The van der Waals surface area contributed by atoms with Crippen molar-refractivity contribution in [3.05, 3.63) is 89.4 Å². The lowest BCUT2D eigenvalue weighted by Crippen LogP contribution is -2.06. The van der Waals surface area contributed by atoms with Crippen molar-refractivity contribution in [3.63, 3.8) is 0 Å². The van der Waals surface area contributed by atoms with Crippen molar-refractivity contribution >= 4 is 56.1 Å². The van der Waals surface area contributed by atoms with Gasteiger partial charge in [-0.3, -0.25) is 15.5 Å². The first-order valence-corrected chi connectivity index (χ1v) is 11.3. The first-order valence-electron chi connectivity index (χ1n) is 9.48. The third-order valence-electron chi connectivity index (χ3n) is 4.47. The summed E-state index contributed by atoms with van der Waals surface area (Å²) in [7, 11) is 1.48. The van der Waals surface area contributed by atoms with Gasteiger partial charge in [-0.2, -0.15) is 18.3 Å². The fourth-order valence-corrected chi connectivity index (χ4v) is 3.75. The van der Waals surface area contributed by atoms with Gasteiger partial charge in [-0.25, -0.2) is 0 Å². The molecule has 0 bridgehead atoms. The van der Waals surface area contributed by atoms with E-state index in [-0.39, 0.29) is 5.69 Å². The minimum absolute atomic E-state index is 0.183. The molecule has 0 radical (unpaired) electrons. The molecule has 34 heavy (non-hydrogen) atoms. The lowest BCUT2D eigenvalue weighted by Gasteiger charge is -2.13. The van der Waals surface area contributed by atoms with Crippen LogP contribution >= 0.6 is 38.5 Å². The lowest BCUT2D eigenvalue weighted by atomic mass is 10.1. The molecule has 0 aliphatic carbocycles. The summed E-state index contributed by atoms with van der Waals surface area (Å²) in [5, 5.41) is 15.1. The van der Waals surface area contributed by atoms with Crippen molar-refractivity contribution < 1.29 is 27.6 Å². The number of hydrogen-bond acceptors (Lipinski definition) is 6. The van der Waals surface area contributed by atoms with Crippen LogP contribution in [0.1, 0.15) is 16.7 Å². The summed E-state index contributed by atoms with van der Waals surface area (Å²) in [4.78, 5) is 10.3. The summed E-state index contributed by atoms with van der Waals surface area (Å²) in [5.41, 5.74) is 1.89. The highest BCUT2D eigenvalue weighted by Gasteiger charge is 2.33. The molecule has 0 aromatic heterocycles. The highest BCUT2D eigenvalue weighted by molar-refractivity contribution is 14.1. The van der Waals surface area contributed by atoms with E-state index < -0.39 is 22.4 Å². The van der Waals surface area contributed by atoms with Crippen LogP contribution in [0.3, 0.4) is 0 Å². The van der Waals surface area contributed by atoms with Crippen LogP contribution in [0.4, 0.5) is 24.5 Å². The van der Waals surface area contributed by atoms with Crippen molar-refractivity contribution in [1.29, 1.82) is 0 Å². The Morgan fingerprint density at radius 2 is 1.88 bits per heavy atom. The lowest BCUT2D eigenvalue weighted by molar-refractivity contribution is -0.384. The molecule has 0 aliphatic rings. The predicted octanol–water partition coefficient (Wildman–Crippen LogP) is 7.01. The number of methoxy groups -OCH3 is 1. The Hall–Kier alpha value is -2.87. The monoisotopic (exact) mass is 649 g/mol. The minimum Gasteiger partial charge on any atom is -0.493 e. The summed E-state index contributed by atoms with van der Waals surface area (Å²) in [6.07, 6.45) is -3.35. The fourth-order valence-electron chi connectivity index (χ4n) is 2.82. The molecule has 3 aromatic rings. The van der Waals surface area contributed by atoms with Gasteiger partial charge < -0.3 is 9.47 Å². The molecular formula is C22H16BrF3IN3O4. The summed E-state index contributed by atoms with van der Waals surface area (Å²) >= 11 is 5.65. The van der Waals surface area contributed by atoms with E-state index in [1.54, 1.807) is 12.1 Å². The van der Waals surface area contributed by atoms with E-state index in [1.807, 2.05) is 24.3 Å². The standard InChI is InChI=1S/C22H16BrF3IN3O4/c1-33-20-9-14(8-17(23)21(20)34-12-13-2-5-16(27)6-3-13)11-28-29-18-7-4-15(22(24,25)26)10-19(18)30(31)32/h2-11,29H,12H2,1H3/b28-11-. The van der Waals surface area contributed by atoms with Crippen LogP contribution in [0.25, 0.3) is 0 Å². The number of benzene rings is 3. The van der Waals surface area contributed by atoms with Crippen molar-refractivity contribution in [2.75, 3.05) is 12.5 Å². The van der Waals surface area contributed by atoms with Gasteiger partial charge in [0.15, 0.2) is 11.5 Å². The molecule has 0 heterocycles. The number of halogens is 5. The summed E-state index contributed by atoms with van der Waals surface area (Å²) in [6, 6.07) is 13.3.